The Bertz CT molecular complexity index is 1470. The van der Waals surface area contributed by atoms with E-state index in [4.69, 9.17) is 5.73 Å². The molecule has 1 aliphatic heterocycles. The van der Waals surface area contributed by atoms with E-state index in [1.807, 2.05) is 60.7 Å². The molecule has 0 bridgehead atoms. The van der Waals surface area contributed by atoms with Gasteiger partial charge in [-0.05, 0) is 41.8 Å². The molecule has 5 rings (SSSR count). The van der Waals surface area contributed by atoms with Gasteiger partial charge in [-0.25, -0.2) is 4.98 Å². The maximum absolute atomic E-state index is 12.7. The number of anilines is 2. The Kier molecular flexibility index (Phi) is 6.32. The minimum atomic E-state index is -0.534. The van der Waals surface area contributed by atoms with Crippen LogP contribution in [0, 0.1) is 0 Å². The van der Waals surface area contributed by atoms with E-state index in [1.54, 1.807) is 23.4 Å². The van der Waals surface area contributed by atoms with Gasteiger partial charge in [0.25, 0.3) is 0 Å². The summed E-state index contributed by atoms with van der Waals surface area (Å²) < 4.78 is 0. The highest BCUT2D eigenvalue weighted by Crippen LogP contribution is 2.26. The zero-order chi connectivity index (χ0) is 25.1. The van der Waals surface area contributed by atoms with Crippen LogP contribution in [-0.2, 0) is 20.8 Å². The number of nitrogens with two attached hydrogens (primary N) is 1. The first-order valence-corrected chi connectivity index (χ1v) is 11.7. The first-order chi connectivity index (χ1) is 17.5. The molecule has 1 saturated heterocycles. The highest BCUT2D eigenvalue weighted by atomic mass is 16.2. The van der Waals surface area contributed by atoms with E-state index in [2.05, 4.69) is 15.3 Å². The number of H-pyrrole nitrogens is 1. The summed E-state index contributed by atoms with van der Waals surface area (Å²) in [7, 11) is 0. The van der Waals surface area contributed by atoms with Crippen molar-refractivity contribution in [2.45, 2.75) is 19.3 Å². The van der Waals surface area contributed by atoms with Crippen LogP contribution in [0.25, 0.3) is 22.7 Å². The molecule has 36 heavy (non-hydrogen) atoms. The maximum atomic E-state index is 12.7. The summed E-state index contributed by atoms with van der Waals surface area (Å²) in [5, 5.41) is 3.64. The number of nitrogens with one attached hydrogen (secondary N) is 2. The van der Waals surface area contributed by atoms with Gasteiger partial charge in [0.15, 0.2) is 0 Å². The number of aromatic nitrogens is 2. The van der Waals surface area contributed by atoms with Crippen LogP contribution in [0.15, 0.2) is 73.1 Å². The topological polar surface area (TPSA) is 121 Å². The van der Waals surface area contributed by atoms with Crippen molar-refractivity contribution < 1.29 is 14.4 Å². The van der Waals surface area contributed by atoms with Crippen molar-refractivity contribution in [2.75, 3.05) is 16.8 Å². The number of fused-ring (bicyclic) bond motifs is 1. The van der Waals surface area contributed by atoms with Crippen LogP contribution in [0.5, 0.6) is 0 Å². The lowest BCUT2D eigenvalue weighted by Crippen LogP contribution is -2.23. The van der Waals surface area contributed by atoms with Gasteiger partial charge in [0.2, 0.25) is 17.7 Å². The summed E-state index contributed by atoms with van der Waals surface area (Å²) in [4.78, 5) is 46.0. The highest BCUT2D eigenvalue weighted by Gasteiger charge is 2.21. The third kappa shape index (κ3) is 4.88. The summed E-state index contributed by atoms with van der Waals surface area (Å²) in [6.45, 7) is 0.733. The molecule has 0 unspecified atom stereocenters. The lowest BCUT2D eigenvalue weighted by Gasteiger charge is -2.15. The molecule has 4 aromatic rings. The van der Waals surface area contributed by atoms with Gasteiger partial charge in [0.05, 0.1) is 18.3 Å². The summed E-state index contributed by atoms with van der Waals surface area (Å²) in [6.07, 6.45) is 6.69. The quantitative estimate of drug-likeness (QED) is 0.348. The van der Waals surface area contributed by atoms with Crippen molar-refractivity contribution in [3.63, 3.8) is 0 Å². The smallest absolute Gasteiger partial charge is 0.249 e. The summed E-state index contributed by atoms with van der Waals surface area (Å²) in [5.74, 6) is -0.585. The molecule has 8 nitrogen and oxygen atoms in total. The molecule has 0 saturated carbocycles. The number of carbonyl (C=O) groups is 3. The number of hydrogen-bond donors (Lipinski definition) is 3. The summed E-state index contributed by atoms with van der Waals surface area (Å²) in [6, 6.07) is 18.5. The standard InChI is InChI=1S/C28H25N5O3/c29-27(36)23(19-5-2-1-3-6-19)14-20-16-30-28-24(20)15-21(17-31-28)32-25(34)13-18-8-10-22(11-9-18)33-12-4-7-26(33)35/h1-3,5-6,8-11,14-17H,4,7,12-13H2,(H2,29,36)(H,30,31)(H,32,34). The number of pyridine rings is 1. The van der Waals surface area contributed by atoms with Crippen molar-refractivity contribution in [1.29, 1.82) is 0 Å². The van der Waals surface area contributed by atoms with Crippen LogP contribution in [0.4, 0.5) is 11.4 Å². The van der Waals surface area contributed by atoms with Gasteiger partial charge in [0.1, 0.15) is 5.65 Å². The minimum Gasteiger partial charge on any atom is -0.366 e. The number of nitrogens with zero attached hydrogens (tertiary/aromatic N) is 2. The van der Waals surface area contributed by atoms with Gasteiger partial charge in [0, 0.05) is 41.4 Å². The number of amides is 3. The first kappa shape index (κ1) is 23.0. The van der Waals surface area contributed by atoms with E-state index < -0.39 is 5.91 Å². The Morgan fingerprint density at radius 3 is 2.58 bits per heavy atom. The fourth-order valence-corrected chi connectivity index (χ4v) is 4.39. The van der Waals surface area contributed by atoms with E-state index in [0.717, 1.165) is 40.7 Å². The Morgan fingerprint density at radius 2 is 1.89 bits per heavy atom. The molecule has 3 amide bonds. The average molecular weight is 480 g/mol. The van der Waals surface area contributed by atoms with Crippen molar-refractivity contribution in [2.24, 2.45) is 5.73 Å². The monoisotopic (exact) mass is 479 g/mol. The zero-order valence-corrected chi connectivity index (χ0v) is 19.5. The second-order valence-corrected chi connectivity index (χ2v) is 8.69. The largest absolute Gasteiger partial charge is 0.366 e. The molecule has 2 aromatic heterocycles. The number of rotatable bonds is 7. The number of aromatic amines is 1. The fourth-order valence-electron chi connectivity index (χ4n) is 4.39. The predicted molar refractivity (Wildman–Crippen MR) is 140 cm³/mol. The molecule has 0 spiro atoms. The molecule has 8 heteroatoms. The van der Waals surface area contributed by atoms with Crippen LogP contribution < -0.4 is 16.0 Å². The van der Waals surface area contributed by atoms with E-state index in [9.17, 15) is 14.4 Å². The fraction of sp³-hybridized carbons (Fsp3) is 0.143. The Balaban J connectivity index is 1.32. The Morgan fingerprint density at radius 1 is 1.11 bits per heavy atom. The molecule has 1 aliphatic rings. The highest BCUT2D eigenvalue weighted by molar-refractivity contribution is 6.24. The molecule has 2 aromatic carbocycles. The van der Waals surface area contributed by atoms with E-state index in [0.29, 0.717) is 23.3 Å². The molecule has 0 aliphatic carbocycles. The SMILES string of the molecule is NC(=O)C(=Cc1c[nH]c2ncc(NC(=O)Cc3ccc(N4CCCC4=O)cc3)cc12)c1ccccc1. The van der Waals surface area contributed by atoms with Gasteiger partial charge in [-0.3, -0.25) is 14.4 Å². The molecule has 3 heterocycles. The third-order valence-electron chi connectivity index (χ3n) is 6.18. The van der Waals surface area contributed by atoms with E-state index >= 15 is 0 Å². The number of carbonyl (C=O) groups excluding carboxylic acids is 3. The molecular weight excluding hydrogens is 454 g/mol. The molecule has 4 N–H and O–H groups in total. The van der Waals surface area contributed by atoms with Crippen LogP contribution in [0.2, 0.25) is 0 Å². The lowest BCUT2D eigenvalue weighted by atomic mass is 10.0. The second kappa shape index (κ2) is 9.87. The first-order valence-electron chi connectivity index (χ1n) is 11.7. The molecule has 0 atom stereocenters. The zero-order valence-electron chi connectivity index (χ0n) is 19.5. The average Bonchev–Trinajstić information content (AvgIpc) is 3.49. The van der Waals surface area contributed by atoms with E-state index in [-0.39, 0.29) is 18.2 Å². The van der Waals surface area contributed by atoms with Crippen molar-refractivity contribution >= 4 is 51.8 Å². The molecule has 180 valence electrons. The van der Waals surface area contributed by atoms with Crippen molar-refractivity contribution in [3.8, 4) is 0 Å². The van der Waals surface area contributed by atoms with Gasteiger partial charge in [-0.1, -0.05) is 42.5 Å². The molecule has 0 radical (unpaired) electrons. The molecule has 1 fully saturated rings. The van der Waals surface area contributed by atoms with Crippen LogP contribution in [-0.4, -0.2) is 34.2 Å². The Labute approximate surface area is 207 Å². The van der Waals surface area contributed by atoms with Crippen LogP contribution >= 0.6 is 0 Å². The Hall–Kier alpha value is -4.72. The van der Waals surface area contributed by atoms with Crippen molar-refractivity contribution in [3.05, 3.63) is 89.7 Å². The summed E-state index contributed by atoms with van der Waals surface area (Å²) >= 11 is 0. The number of primary amides is 1. The summed E-state index contributed by atoms with van der Waals surface area (Å²) in [5.41, 5.74) is 10.3. The van der Waals surface area contributed by atoms with Gasteiger partial charge in [-0.15, -0.1) is 0 Å². The van der Waals surface area contributed by atoms with Crippen LogP contribution in [0.1, 0.15) is 29.5 Å². The van der Waals surface area contributed by atoms with Gasteiger partial charge < -0.3 is 20.9 Å². The molecular formula is C28H25N5O3. The number of hydrogen-bond acceptors (Lipinski definition) is 4. The van der Waals surface area contributed by atoms with Crippen LogP contribution in [0.3, 0.4) is 0 Å². The normalized spacial score (nSPS) is 13.8. The maximum Gasteiger partial charge on any atom is 0.249 e. The van der Waals surface area contributed by atoms with Gasteiger partial charge >= 0.3 is 0 Å². The van der Waals surface area contributed by atoms with E-state index in [1.165, 1.54) is 0 Å². The lowest BCUT2D eigenvalue weighted by molar-refractivity contribution is -0.117. The predicted octanol–water partition coefficient (Wildman–Crippen LogP) is 3.90. The third-order valence-corrected chi connectivity index (χ3v) is 6.18. The van der Waals surface area contributed by atoms with Gasteiger partial charge in [-0.2, -0.15) is 0 Å². The number of benzene rings is 2. The minimum absolute atomic E-state index is 0.133. The second-order valence-electron chi connectivity index (χ2n) is 8.69. The van der Waals surface area contributed by atoms with Crippen molar-refractivity contribution in [1.82, 2.24) is 9.97 Å².